The summed E-state index contributed by atoms with van der Waals surface area (Å²) in [4.78, 5) is 4.45. The fourth-order valence-electron chi connectivity index (χ4n) is 1.83. The van der Waals surface area contributed by atoms with E-state index in [4.69, 9.17) is 18.0 Å². The minimum Gasteiger partial charge on any atom is -0.389 e. The average Bonchev–Trinajstić information content (AvgIpc) is 2.39. The Morgan fingerprint density at radius 3 is 2.74 bits per heavy atom. The van der Waals surface area contributed by atoms with Crippen molar-refractivity contribution in [3.8, 4) is 0 Å². The number of pyridine rings is 1. The van der Waals surface area contributed by atoms with Crippen molar-refractivity contribution in [1.82, 2.24) is 4.98 Å². The second-order valence-electron chi connectivity index (χ2n) is 4.15. The lowest BCUT2D eigenvalue weighted by Crippen LogP contribution is -2.16. The van der Waals surface area contributed by atoms with Gasteiger partial charge in [0, 0.05) is 11.8 Å². The van der Waals surface area contributed by atoms with Crippen LogP contribution >= 0.6 is 12.2 Å². The second-order valence-corrected chi connectivity index (χ2v) is 4.59. The summed E-state index contributed by atoms with van der Waals surface area (Å²) in [7, 11) is 0. The summed E-state index contributed by atoms with van der Waals surface area (Å²) in [5.74, 6) is 0.307. The van der Waals surface area contributed by atoms with Crippen LogP contribution in [-0.4, -0.2) is 9.97 Å². The summed E-state index contributed by atoms with van der Waals surface area (Å²) < 4.78 is 13.7. The number of hydrogen-bond acceptors (Lipinski definition) is 3. The van der Waals surface area contributed by atoms with Crippen LogP contribution in [0.4, 0.5) is 10.2 Å². The van der Waals surface area contributed by atoms with Gasteiger partial charge in [-0.3, -0.25) is 0 Å². The van der Waals surface area contributed by atoms with Gasteiger partial charge in [-0.25, -0.2) is 9.37 Å². The molecular weight excluding hydrogens is 261 g/mol. The summed E-state index contributed by atoms with van der Waals surface area (Å²) in [6.45, 7) is 1.86. The van der Waals surface area contributed by atoms with Gasteiger partial charge >= 0.3 is 0 Å². The Kier molecular flexibility index (Phi) is 4.06. The monoisotopic (exact) mass is 275 g/mol. The molecule has 1 aromatic heterocycles. The molecule has 0 bridgehead atoms. The molecule has 0 saturated carbocycles. The third-order valence-corrected chi connectivity index (χ3v) is 3.02. The normalized spacial score (nSPS) is 11.9. The van der Waals surface area contributed by atoms with Crippen molar-refractivity contribution in [1.29, 1.82) is 0 Å². The maximum absolute atomic E-state index is 13.7. The van der Waals surface area contributed by atoms with Gasteiger partial charge in [-0.1, -0.05) is 30.4 Å². The van der Waals surface area contributed by atoms with E-state index in [1.807, 2.05) is 6.92 Å². The SMILES string of the molecule is CC(Nc1ncccc1C(N)=S)c1ccccc1F. The smallest absolute Gasteiger partial charge is 0.136 e. The van der Waals surface area contributed by atoms with Crippen molar-refractivity contribution >= 4 is 23.0 Å². The predicted octanol–water partition coefficient (Wildman–Crippen LogP) is 3.03. The summed E-state index contributed by atoms with van der Waals surface area (Å²) in [6.07, 6.45) is 1.64. The largest absolute Gasteiger partial charge is 0.389 e. The van der Waals surface area contributed by atoms with Gasteiger partial charge in [0.05, 0.1) is 11.6 Å². The van der Waals surface area contributed by atoms with Crippen molar-refractivity contribution < 1.29 is 4.39 Å². The van der Waals surface area contributed by atoms with Crippen LogP contribution in [0.25, 0.3) is 0 Å². The van der Waals surface area contributed by atoms with Gasteiger partial charge in [0.2, 0.25) is 0 Å². The van der Waals surface area contributed by atoms with Crippen molar-refractivity contribution in [2.45, 2.75) is 13.0 Å². The third kappa shape index (κ3) is 3.06. The molecule has 0 saturated heterocycles. The second kappa shape index (κ2) is 5.75. The number of aromatic nitrogens is 1. The molecule has 1 aromatic carbocycles. The fraction of sp³-hybridized carbons (Fsp3) is 0.143. The van der Waals surface area contributed by atoms with E-state index in [1.54, 1.807) is 36.5 Å². The van der Waals surface area contributed by atoms with E-state index < -0.39 is 0 Å². The van der Waals surface area contributed by atoms with E-state index in [0.29, 0.717) is 16.9 Å². The van der Waals surface area contributed by atoms with E-state index in [9.17, 15) is 4.39 Å². The minimum absolute atomic E-state index is 0.232. The van der Waals surface area contributed by atoms with Crippen LogP contribution in [0, 0.1) is 5.82 Å². The first kappa shape index (κ1) is 13.4. The summed E-state index contributed by atoms with van der Waals surface area (Å²) in [5.41, 5.74) is 6.86. The molecule has 1 atom stereocenters. The fourth-order valence-corrected chi connectivity index (χ4v) is 1.99. The summed E-state index contributed by atoms with van der Waals surface area (Å²) in [5, 5.41) is 3.13. The first-order valence-electron chi connectivity index (χ1n) is 5.85. The molecule has 3 nitrogen and oxygen atoms in total. The number of nitrogens with one attached hydrogen (secondary N) is 1. The first-order chi connectivity index (χ1) is 9.09. The first-order valence-corrected chi connectivity index (χ1v) is 6.26. The van der Waals surface area contributed by atoms with Crippen molar-refractivity contribution in [3.05, 3.63) is 59.5 Å². The summed E-state index contributed by atoms with van der Waals surface area (Å²) >= 11 is 4.97. The van der Waals surface area contributed by atoms with Crippen LogP contribution < -0.4 is 11.1 Å². The number of halogens is 1. The highest BCUT2D eigenvalue weighted by molar-refractivity contribution is 7.80. The van der Waals surface area contributed by atoms with E-state index >= 15 is 0 Å². The predicted molar refractivity (Wildman–Crippen MR) is 78.6 cm³/mol. The Morgan fingerprint density at radius 1 is 1.32 bits per heavy atom. The molecular formula is C14H14FN3S. The number of anilines is 1. The number of nitrogens with two attached hydrogens (primary N) is 1. The molecule has 0 aliphatic heterocycles. The zero-order valence-electron chi connectivity index (χ0n) is 10.4. The van der Waals surface area contributed by atoms with Gasteiger partial charge in [0.25, 0.3) is 0 Å². The van der Waals surface area contributed by atoms with Crippen LogP contribution in [0.2, 0.25) is 0 Å². The van der Waals surface area contributed by atoms with Gasteiger partial charge in [-0.05, 0) is 25.1 Å². The lowest BCUT2D eigenvalue weighted by molar-refractivity contribution is 0.600. The minimum atomic E-state index is -0.254. The van der Waals surface area contributed by atoms with Gasteiger partial charge in [-0.2, -0.15) is 0 Å². The number of thiocarbonyl (C=S) groups is 1. The number of nitrogens with zero attached hydrogens (tertiary/aromatic N) is 1. The van der Waals surface area contributed by atoms with E-state index in [2.05, 4.69) is 10.3 Å². The molecule has 2 rings (SSSR count). The molecule has 98 valence electrons. The van der Waals surface area contributed by atoms with Gasteiger partial charge in [-0.15, -0.1) is 0 Å². The number of rotatable bonds is 4. The molecule has 0 amide bonds. The van der Waals surface area contributed by atoms with Crippen LogP contribution in [0.15, 0.2) is 42.6 Å². The van der Waals surface area contributed by atoms with Crippen molar-refractivity contribution in [2.75, 3.05) is 5.32 Å². The maximum atomic E-state index is 13.7. The molecule has 3 N–H and O–H groups in total. The molecule has 0 spiro atoms. The van der Waals surface area contributed by atoms with E-state index in [-0.39, 0.29) is 16.8 Å². The number of hydrogen-bond donors (Lipinski definition) is 2. The molecule has 19 heavy (non-hydrogen) atoms. The lowest BCUT2D eigenvalue weighted by Gasteiger charge is -2.17. The quantitative estimate of drug-likeness (QED) is 0.842. The Balaban J connectivity index is 2.27. The van der Waals surface area contributed by atoms with E-state index in [1.165, 1.54) is 6.07 Å². The topological polar surface area (TPSA) is 50.9 Å². The zero-order valence-corrected chi connectivity index (χ0v) is 11.2. The third-order valence-electron chi connectivity index (χ3n) is 2.80. The molecule has 1 heterocycles. The van der Waals surface area contributed by atoms with Crippen LogP contribution in [0.1, 0.15) is 24.1 Å². The number of benzene rings is 1. The molecule has 0 aliphatic rings. The average molecular weight is 275 g/mol. The summed E-state index contributed by atoms with van der Waals surface area (Å²) in [6, 6.07) is 9.93. The molecule has 0 aliphatic carbocycles. The highest BCUT2D eigenvalue weighted by Gasteiger charge is 2.13. The molecule has 2 aromatic rings. The van der Waals surface area contributed by atoms with Gasteiger partial charge in [0.1, 0.15) is 16.6 Å². The Morgan fingerprint density at radius 2 is 2.05 bits per heavy atom. The van der Waals surface area contributed by atoms with Crippen molar-refractivity contribution in [2.24, 2.45) is 5.73 Å². The van der Waals surface area contributed by atoms with Crippen molar-refractivity contribution in [3.63, 3.8) is 0 Å². The maximum Gasteiger partial charge on any atom is 0.136 e. The Labute approximate surface area is 116 Å². The van der Waals surface area contributed by atoms with Crippen LogP contribution in [0.3, 0.4) is 0 Å². The lowest BCUT2D eigenvalue weighted by atomic mass is 10.1. The van der Waals surface area contributed by atoms with E-state index in [0.717, 1.165) is 0 Å². The highest BCUT2D eigenvalue weighted by atomic mass is 32.1. The van der Waals surface area contributed by atoms with Crippen LogP contribution in [0.5, 0.6) is 0 Å². The van der Waals surface area contributed by atoms with Crippen LogP contribution in [-0.2, 0) is 0 Å². The Bertz CT molecular complexity index is 601. The van der Waals surface area contributed by atoms with Gasteiger partial charge < -0.3 is 11.1 Å². The standard InChI is InChI=1S/C14H14FN3S/c1-9(10-5-2-3-7-12(10)15)18-14-11(13(16)19)6-4-8-17-14/h2-9H,1H3,(H2,16,19)(H,17,18). The highest BCUT2D eigenvalue weighted by Crippen LogP contribution is 2.22. The Hall–Kier alpha value is -2.01. The molecule has 5 heteroatoms. The zero-order chi connectivity index (χ0) is 13.8. The van der Waals surface area contributed by atoms with Gasteiger partial charge in [0.15, 0.2) is 0 Å². The molecule has 0 fully saturated rings. The molecule has 0 radical (unpaired) electrons. The molecule has 1 unspecified atom stereocenters.